The molecule has 1 aromatic carbocycles. The van der Waals surface area contributed by atoms with Gasteiger partial charge < -0.3 is 23.2 Å². The Morgan fingerprint density at radius 2 is 1.60 bits per heavy atom. The third-order valence-electron chi connectivity index (χ3n) is 2.61. The molecule has 5 nitrogen and oxygen atoms in total. The van der Waals surface area contributed by atoms with Crippen molar-refractivity contribution in [3.05, 3.63) is 35.4 Å². The molecule has 1 unspecified atom stereocenters. The van der Waals surface area contributed by atoms with Crippen LogP contribution in [0.2, 0.25) is 0 Å². The van der Waals surface area contributed by atoms with Gasteiger partial charge in [-0.2, -0.15) is 0 Å². The zero-order valence-corrected chi connectivity index (χ0v) is 11.3. The third-order valence-corrected chi connectivity index (χ3v) is 2.61. The number of carboxylic acids is 1. The van der Waals surface area contributed by atoms with Crippen LogP contribution in [0.25, 0.3) is 0 Å². The molecule has 0 aliphatic rings. The molecule has 0 saturated carbocycles. The number of halogens is 1. The molecule has 6 heteroatoms. The average Bonchev–Trinajstić information content (AvgIpc) is 2.31. The minimum absolute atomic E-state index is 0. The van der Waals surface area contributed by atoms with Crippen LogP contribution in [0, 0.1) is 0 Å². The molecule has 0 spiro atoms. The maximum absolute atomic E-state index is 11.2. The highest BCUT2D eigenvalue weighted by Gasteiger charge is 2.16. The molecule has 1 rings (SSSR count). The van der Waals surface area contributed by atoms with Gasteiger partial charge in [0.2, 0.25) is 5.78 Å². The molecule has 0 saturated heterocycles. The minimum Gasteiger partial charge on any atom is -1.00 e. The van der Waals surface area contributed by atoms with Crippen molar-refractivity contribution in [2.24, 2.45) is 0 Å². The van der Waals surface area contributed by atoms with Gasteiger partial charge in [0, 0.05) is 19.8 Å². The van der Waals surface area contributed by atoms with Gasteiger partial charge in [0.25, 0.3) is 0 Å². The molecular formula is C14H20ClNO4. The molecule has 0 bridgehead atoms. The lowest BCUT2D eigenvalue weighted by molar-refractivity contribution is -0.407. The number of hydrogen-bond acceptors (Lipinski definition) is 3. The molecule has 0 amide bonds. The first-order valence-corrected chi connectivity index (χ1v) is 5.57. The summed E-state index contributed by atoms with van der Waals surface area (Å²) >= 11 is 0. The van der Waals surface area contributed by atoms with Crippen LogP contribution in [0.3, 0.4) is 0 Å². The van der Waals surface area contributed by atoms with Gasteiger partial charge in [0.05, 0.1) is 0 Å². The van der Waals surface area contributed by atoms with Gasteiger partial charge in [-0.25, -0.2) is 4.79 Å². The maximum atomic E-state index is 11.2. The number of Topliss-reactive ketones (excluding diaryl/α,β-unsaturated/α-hetero) is 2. The van der Waals surface area contributed by atoms with E-state index in [1.807, 2.05) is 0 Å². The van der Waals surface area contributed by atoms with Crippen LogP contribution in [0.4, 0.5) is 0 Å². The highest BCUT2D eigenvalue weighted by molar-refractivity contribution is 6.36. The lowest BCUT2D eigenvalue weighted by Gasteiger charge is -2.05. The largest absolute Gasteiger partial charge is 1.00 e. The summed E-state index contributed by atoms with van der Waals surface area (Å²) in [7, 11) is 0. The quantitative estimate of drug-likeness (QED) is 0.557. The number of carbonyl (C=O) groups is 3. The Balaban J connectivity index is 0. The summed E-state index contributed by atoms with van der Waals surface area (Å²) in [5, 5.41) is 8.73. The molecular weight excluding hydrogens is 282 g/mol. The van der Waals surface area contributed by atoms with Crippen molar-refractivity contribution >= 4 is 17.5 Å². The number of rotatable bonds is 6. The standard InChI is InChI=1S/C13H15NO4.CH4.ClH/c1-8(15)12(16)7-10-4-2-9(3-5-10)6-11(14)13(17)18;;/h2-5,11H,6-7,14H2,1H3,(H,17,18);1H4;1H. The van der Waals surface area contributed by atoms with Gasteiger partial charge >= 0.3 is 5.97 Å². The van der Waals surface area contributed by atoms with E-state index in [4.69, 9.17) is 5.11 Å². The topological polar surface area (TPSA) is 99.1 Å². The zero-order valence-electron chi connectivity index (χ0n) is 10.6. The van der Waals surface area contributed by atoms with Crippen LogP contribution in [0.15, 0.2) is 24.3 Å². The molecule has 1 aromatic rings. The summed E-state index contributed by atoms with van der Waals surface area (Å²) in [6.45, 7) is 1.25. The van der Waals surface area contributed by atoms with E-state index in [2.05, 4.69) is 5.73 Å². The zero-order chi connectivity index (χ0) is 13.7. The van der Waals surface area contributed by atoms with E-state index in [0.717, 1.165) is 11.1 Å². The molecule has 0 heterocycles. The Hall–Kier alpha value is -1.72. The second-order valence-corrected chi connectivity index (χ2v) is 4.21. The number of carbonyl (C=O) groups excluding carboxylic acids is 2. The van der Waals surface area contributed by atoms with Crippen molar-refractivity contribution in [2.75, 3.05) is 0 Å². The Kier molecular flexibility index (Phi) is 9.50. The molecule has 0 aliphatic heterocycles. The van der Waals surface area contributed by atoms with Gasteiger partial charge in [-0.3, -0.25) is 9.59 Å². The Morgan fingerprint density at radius 1 is 1.15 bits per heavy atom. The summed E-state index contributed by atoms with van der Waals surface area (Å²) in [5.41, 5.74) is 5.12. The molecule has 0 radical (unpaired) electrons. The van der Waals surface area contributed by atoms with E-state index in [-0.39, 0.29) is 26.3 Å². The SMILES string of the molecule is C.CC(=O)C(=O)Cc1ccc(CC([NH3+])C(=O)O)cc1.[Cl-]. The molecule has 112 valence electrons. The number of benzene rings is 1. The summed E-state index contributed by atoms with van der Waals surface area (Å²) in [4.78, 5) is 32.7. The number of ketones is 2. The summed E-state index contributed by atoms with van der Waals surface area (Å²) in [6.07, 6.45) is 0.429. The first kappa shape index (κ1) is 20.6. The fraction of sp³-hybridized carbons (Fsp3) is 0.357. The second-order valence-electron chi connectivity index (χ2n) is 4.21. The van der Waals surface area contributed by atoms with Crippen LogP contribution >= 0.6 is 0 Å². The number of aliphatic carboxylic acids is 1. The van der Waals surface area contributed by atoms with Crippen LogP contribution in [0.1, 0.15) is 25.5 Å². The highest BCUT2D eigenvalue weighted by Crippen LogP contribution is 2.07. The van der Waals surface area contributed by atoms with Crippen LogP contribution in [0.5, 0.6) is 0 Å². The maximum Gasteiger partial charge on any atom is 0.362 e. The Morgan fingerprint density at radius 3 is 2.00 bits per heavy atom. The third kappa shape index (κ3) is 6.45. The summed E-state index contributed by atoms with van der Waals surface area (Å²) in [6, 6.07) is 6.28. The van der Waals surface area contributed by atoms with Crippen molar-refractivity contribution in [3.63, 3.8) is 0 Å². The van der Waals surface area contributed by atoms with Crippen molar-refractivity contribution in [1.29, 1.82) is 0 Å². The first-order valence-electron chi connectivity index (χ1n) is 5.57. The lowest BCUT2D eigenvalue weighted by atomic mass is 10.0. The van der Waals surface area contributed by atoms with E-state index in [9.17, 15) is 14.4 Å². The van der Waals surface area contributed by atoms with Crippen molar-refractivity contribution in [3.8, 4) is 0 Å². The van der Waals surface area contributed by atoms with Crippen molar-refractivity contribution in [1.82, 2.24) is 0 Å². The number of carboxylic acid groups (broad SMARTS) is 1. The molecule has 0 aliphatic carbocycles. The van der Waals surface area contributed by atoms with E-state index in [0.29, 0.717) is 6.42 Å². The van der Waals surface area contributed by atoms with Crippen LogP contribution in [-0.4, -0.2) is 28.7 Å². The highest BCUT2D eigenvalue weighted by atomic mass is 35.5. The van der Waals surface area contributed by atoms with E-state index < -0.39 is 23.6 Å². The predicted octanol–water partition coefficient (Wildman–Crippen LogP) is -2.74. The van der Waals surface area contributed by atoms with E-state index >= 15 is 0 Å². The predicted molar refractivity (Wildman–Crippen MR) is 70.6 cm³/mol. The first-order chi connectivity index (χ1) is 8.40. The fourth-order valence-electron chi connectivity index (χ4n) is 1.47. The summed E-state index contributed by atoms with van der Waals surface area (Å²) in [5.74, 6) is -1.82. The number of hydrogen-bond donors (Lipinski definition) is 2. The Labute approximate surface area is 124 Å². The van der Waals surface area contributed by atoms with E-state index in [1.165, 1.54) is 6.92 Å². The normalized spacial score (nSPS) is 10.7. The molecule has 0 aromatic heterocycles. The van der Waals surface area contributed by atoms with E-state index in [1.54, 1.807) is 24.3 Å². The monoisotopic (exact) mass is 301 g/mol. The lowest BCUT2D eigenvalue weighted by Crippen LogP contribution is -3.00. The van der Waals surface area contributed by atoms with Crippen LogP contribution in [-0.2, 0) is 27.2 Å². The molecule has 4 N–H and O–H groups in total. The van der Waals surface area contributed by atoms with Gasteiger partial charge in [-0.1, -0.05) is 31.7 Å². The smallest absolute Gasteiger partial charge is 0.362 e. The summed E-state index contributed by atoms with van der Waals surface area (Å²) < 4.78 is 0. The minimum atomic E-state index is -0.939. The Bertz CT molecular complexity index is 471. The fourth-order valence-corrected chi connectivity index (χ4v) is 1.47. The molecule has 1 atom stereocenters. The van der Waals surface area contributed by atoms with Gasteiger partial charge in [-0.15, -0.1) is 0 Å². The van der Waals surface area contributed by atoms with Gasteiger partial charge in [0.1, 0.15) is 0 Å². The van der Waals surface area contributed by atoms with Gasteiger partial charge in [-0.05, 0) is 11.1 Å². The average molecular weight is 302 g/mol. The van der Waals surface area contributed by atoms with Crippen molar-refractivity contribution < 1.29 is 37.6 Å². The van der Waals surface area contributed by atoms with Crippen LogP contribution < -0.4 is 18.1 Å². The second kappa shape index (κ2) is 9.23. The van der Waals surface area contributed by atoms with Crippen molar-refractivity contribution in [2.45, 2.75) is 33.2 Å². The van der Waals surface area contributed by atoms with Gasteiger partial charge in [0.15, 0.2) is 11.8 Å². The molecule has 0 fully saturated rings. The molecule has 20 heavy (non-hydrogen) atoms. The number of quaternary nitrogens is 1.